The summed E-state index contributed by atoms with van der Waals surface area (Å²) >= 11 is 0. The van der Waals surface area contributed by atoms with Crippen molar-refractivity contribution in [2.45, 2.75) is 19.9 Å². The summed E-state index contributed by atoms with van der Waals surface area (Å²) in [6, 6.07) is 2.88. The number of hydrogen-bond donors (Lipinski definition) is 1. The molecule has 0 aliphatic heterocycles. The topological polar surface area (TPSA) is 35.2 Å². The summed E-state index contributed by atoms with van der Waals surface area (Å²) in [5.41, 5.74) is 7.40. The van der Waals surface area contributed by atoms with Crippen LogP contribution in [0.2, 0.25) is 0 Å². The number of ether oxygens (including phenoxy) is 1. The van der Waals surface area contributed by atoms with Crippen molar-refractivity contribution in [3.63, 3.8) is 0 Å². The van der Waals surface area contributed by atoms with Crippen LogP contribution in [-0.4, -0.2) is 7.11 Å². The van der Waals surface area contributed by atoms with E-state index in [0.717, 1.165) is 11.1 Å². The largest absolute Gasteiger partial charge is 0.493 e. The lowest BCUT2D eigenvalue weighted by molar-refractivity contribution is 0.378. The van der Waals surface area contributed by atoms with Crippen LogP contribution in [0.4, 0.5) is 4.39 Å². The Bertz CT molecular complexity index is 310. The Balaban J connectivity index is 3.35. The molecule has 0 fully saturated rings. The van der Waals surface area contributed by atoms with Gasteiger partial charge in [0, 0.05) is 11.6 Å². The van der Waals surface area contributed by atoms with Gasteiger partial charge >= 0.3 is 0 Å². The van der Waals surface area contributed by atoms with E-state index in [1.165, 1.54) is 13.2 Å². The summed E-state index contributed by atoms with van der Waals surface area (Å²) in [7, 11) is 1.45. The summed E-state index contributed by atoms with van der Waals surface area (Å²) in [6.07, 6.45) is 0. The smallest absolute Gasteiger partial charge is 0.165 e. The van der Waals surface area contributed by atoms with Crippen molar-refractivity contribution in [3.05, 3.63) is 29.1 Å². The number of benzene rings is 1. The highest BCUT2D eigenvalue weighted by atomic mass is 19.1. The molecule has 1 atom stereocenters. The zero-order chi connectivity index (χ0) is 10.0. The standard InChI is InChI=1S/C10H14FNO/c1-6-4-5-8(11)10(13-3)9(6)7(2)12/h4-5,7H,12H2,1-3H3. The molecule has 0 saturated carbocycles. The first-order valence-corrected chi connectivity index (χ1v) is 4.16. The molecule has 0 amide bonds. The molecular weight excluding hydrogens is 169 g/mol. The van der Waals surface area contributed by atoms with E-state index in [1.54, 1.807) is 6.07 Å². The zero-order valence-corrected chi connectivity index (χ0v) is 8.10. The van der Waals surface area contributed by atoms with Gasteiger partial charge < -0.3 is 10.5 Å². The van der Waals surface area contributed by atoms with Crippen LogP contribution in [0.5, 0.6) is 5.75 Å². The predicted octanol–water partition coefficient (Wildman–Crippen LogP) is 2.16. The van der Waals surface area contributed by atoms with Crippen LogP contribution in [0.15, 0.2) is 12.1 Å². The first-order chi connectivity index (χ1) is 6.07. The van der Waals surface area contributed by atoms with E-state index in [4.69, 9.17) is 10.5 Å². The van der Waals surface area contributed by atoms with Gasteiger partial charge in [0.25, 0.3) is 0 Å². The predicted molar refractivity (Wildman–Crippen MR) is 50.3 cm³/mol. The van der Waals surface area contributed by atoms with Crippen molar-refractivity contribution in [2.75, 3.05) is 7.11 Å². The quantitative estimate of drug-likeness (QED) is 0.762. The van der Waals surface area contributed by atoms with Crippen molar-refractivity contribution in [1.29, 1.82) is 0 Å². The fourth-order valence-corrected chi connectivity index (χ4v) is 1.44. The molecule has 0 spiro atoms. The SMILES string of the molecule is COc1c(F)ccc(C)c1C(C)N. The average molecular weight is 183 g/mol. The van der Waals surface area contributed by atoms with Crippen LogP contribution in [0.3, 0.4) is 0 Å². The van der Waals surface area contributed by atoms with Gasteiger partial charge in [-0.15, -0.1) is 0 Å². The van der Waals surface area contributed by atoms with Crippen molar-refractivity contribution in [1.82, 2.24) is 0 Å². The second kappa shape index (κ2) is 3.75. The molecule has 1 aromatic rings. The van der Waals surface area contributed by atoms with E-state index >= 15 is 0 Å². The number of hydrogen-bond acceptors (Lipinski definition) is 2. The van der Waals surface area contributed by atoms with Crippen LogP contribution in [0, 0.1) is 12.7 Å². The van der Waals surface area contributed by atoms with Gasteiger partial charge in [-0.2, -0.15) is 0 Å². The lowest BCUT2D eigenvalue weighted by Gasteiger charge is -2.14. The van der Waals surface area contributed by atoms with Gasteiger partial charge in [-0.3, -0.25) is 0 Å². The van der Waals surface area contributed by atoms with E-state index < -0.39 is 0 Å². The Morgan fingerprint density at radius 2 is 2.08 bits per heavy atom. The molecule has 72 valence electrons. The van der Waals surface area contributed by atoms with E-state index in [0.29, 0.717) is 0 Å². The van der Waals surface area contributed by atoms with E-state index in [9.17, 15) is 4.39 Å². The average Bonchev–Trinajstić information content (AvgIpc) is 2.07. The first-order valence-electron chi connectivity index (χ1n) is 4.16. The minimum absolute atomic E-state index is 0.217. The Hall–Kier alpha value is -1.09. The molecule has 0 radical (unpaired) electrons. The molecule has 1 aromatic carbocycles. The fraction of sp³-hybridized carbons (Fsp3) is 0.400. The minimum Gasteiger partial charge on any atom is -0.493 e. The number of methoxy groups -OCH3 is 1. The maximum Gasteiger partial charge on any atom is 0.165 e. The number of rotatable bonds is 2. The molecule has 2 nitrogen and oxygen atoms in total. The highest BCUT2D eigenvalue weighted by Crippen LogP contribution is 2.29. The van der Waals surface area contributed by atoms with Gasteiger partial charge in [0.2, 0.25) is 0 Å². The number of halogens is 1. The van der Waals surface area contributed by atoms with Crippen molar-refractivity contribution in [2.24, 2.45) is 5.73 Å². The molecule has 0 aliphatic rings. The van der Waals surface area contributed by atoms with Crippen molar-refractivity contribution < 1.29 is 9.13 Å². The molecule has 0 saturated heterocycles. The summed E-state index contributed by atoms with van der Waals surface area (Å²) in [5.74, 6) is -0.101. The summed E-state index contributed by atoms with van der Waals surface area (Å²) in [5, 5.41) is 0. The highest BCUT2D eigenvalue weighted by Gasteiger charge is 2.14. The zero-order valence-electron chi connectivity index (χ0n) is 8.10. The van der Waals surface area contributed by atoms with Gasteiger partial charge in [-0.1, -0.05) is 6.07 Å². The summed E-state index contributed by atoms with van der Waals surface area (Å²) in [4.78, 5) is 0. The van der Waals surface area contributed by atoms with Gasteiger partial charge in [0.05, 0.1) is 7.11 Å². The molecule has 3 heteroatoms. The maximum atomic E-state index is 13.2. The van der Waals surface area contributed by atoms with E-state index in [2.05, 4.69) is 0 Å². The molecule has 0 heterocycles. The van der Waals surface area contributed by atoms with Crippen LogP contribution < -0.4 is 10.5 Å². The monoisotopic (exact) mass is 183 g/mol. The van der Waals surface area contributed by atoms with E-state index in [1.807, 2.05) is 13.8 Å². The van der Waals surface area contributed by atoms with Gasteiger partial charge in [-0.25, -0.2) is 4.39 Å². The molecule has 1 rings (SSSR count). The van der Waals surface area contributed by atoms with Crippen LogP contribution in [-0.2, 0) is 0 Å². The maximum absolute atomic E-state index is 13.2. The molecule has 0 aliphatic carbocycles. The summed E-state index contributed by atoms with van der Waals surface area (Å²) < 4.78 is 18.2. The van der Waals surface area contributed by atoms with Gasteiger partial charge in [0.15, 0.2) is 11.6 Å². The van der Waals surface area contributed by atoms with Crippen LogP contribution in [0.25, 0.3) is 0 Å². The number of aryl methyl sites for hydroxylation is 1. The molecule has 0 aromatic heterocycles. The van der Waals surface area contributed by atoms with Crippen LogP contribution in [0.1, 0.15) is 24.1 Å². The third kappa shape index (κ3) is 1.80. The van der Waals surface area contributed by atoms with Gasteiger partial charge in [0.1, 0.15) is 0 Å². The highest BCUT2D eigenvalue weighted by molar-refractivity contribution is 5.42. The second-order valence-corrected chi connectivity index (χ2v) is 3.10. The molecular formula is C10H14FNO. The molecule has 13 heavy (non-hydrogen) atoms. The lowest BCUT2D eigenvalue weighted by Crippen LogP contribution is -2.10. The number of nitrogens with two attached hydrogens (primary N) is 1. The Labute approximate surface area is 77.5 Å². The minimum atomic E-state index is -0.361. The first kappa shape index (κ1) is 9.99. The van der Waals surface area contributed by atoms with Crippen molar-refractivity contribution >= 4 is 0 Å². The lowest BCUT2D eigenvalue weighted by atomic mass is 10.0. The normalized spacial score (nSPS) is 12.7. The molecule has 0 bridgehead atoms. The Kier molecular flexibility index (Phi) is 2.88. The van der Waals surface area contributed by atoms with Gasteiger partial charge in [-0.05, 0) is 25.5 Å². The summed E-state index contributed by atoms with van der Waals surface area (Å²) in [6.45, 7) is 3.70. The van der Waals surface area contributed by atoms with E-state index in [-0.39, 0.29) is 17.6 Å². The second-order valence-electron chi connectivity index (χ2n) is 3.10. The Morgan fingerprint density at radius 3 is 2.46 bits per heavy atom. The third-order valence-electron chi connectivity index (χ3n) is 2.03. The fourth-order valence-electron chi connectivity index (χ4n) is 1.44. The third-order valence-corrected chi connectivity index (χ3v) is 2.03. The molecule has 1 unspecified atom stereocenters. The van der Waals surface area contributed by atoms with Crippen LogP contribution >= 0.6 is 0 Å². The van der Waals surface area contributed by atoms with Crippen molar-refractivity contribution in [3.8, 4) is 5.75 Å². The molecule has 2 N–H and O–H groups in total. The Morgan fingerprint density at radius 1 is 1.46 bits per heavy atom.